The lowest BCUT2D eigenvalue weighted by Gasteiger charge is -2.23. The molecule has 1 fully saturated rings. The molecule has 1 N–H and O–H groups in total. The summed E-state index contributed by atoms with van der Waals surface area (Å²) < 4.78 is 5.40. The van der Waals surface area contributed by atoms with E-state index in [9.17, 15) is 0 Å². The summed E-state index contributed by atoms with van der Waals surface area (Å²) in [6, 6.07) is 2.61. The molecule has 3 heteroatoms. The largest absolute Gasteiger partial charge is 0.378 e. The Kier molecular flexibility index (Phi) is 2.44. The molecule has 2 nitrogen and oxygen atoms in total. The van der Waals surface area contributed by atoms with E-state index in [2.05, 4.69) is 23.7 Å². The first-order valence-electron chi connectivity index (χ1n) is 4.23. The van der Waals surface area contributed by atoms with Gasteiger partial charge in [-0.1, -0.05) is 0 Å². The average molecular weight is 183 g/mol. The third kappa shape index (κ3) is 1.53. The molecule has 0 aliphatic carbocycles. The minimum atomic E-state index is 0.421. The number of hydrogen-bond acceptors (Lipinski definition) is 3. The van der Waals surface area contributed by atoms with E-state index in [-0.39, 0.29) is 0 Å². The van der Waals surface area contributed by atoms with Crippen LogP contribution in [0.1, 0.15) is 16.5 Å². The molecule has 1 saturated heterocycles. The fourth-order valence-corrected chi connectivity index (χ4v) is 2.29. The van der Waals surface area contributed by atoms with E-state index in [0.717, 1.165) is 19.8 Å². The summed E-state index contributed by atoms with van der Waals surface area (Å²) in [5.41, 5.74) is 1.40. The van der Waals surface area contributed by atoms with Crippen LogP contribution < -0.4 is 5.32 Å². The maximum absolute atomic E-state index is 5.40. The lowest BCUT2D eigenvalue weighted by molar-refractivity contribution is 0.0768. The van der Waals surface area contributed by atoms with Crippen molar-refractivity contribution in [2.24, 2.45) is 0 Å². The minimum Gasteiger partial charge on any atom is -0.378 e. The van der Waals surface area contributed by atoms with Crippen molar-refractivity contribution in [2.45, 2.75) is 13.0 Å². The number of nitrogens with one attached hydrogen (secondary N) is 1. The van der Waals surface area contributed by atoms with Gasteiger partial charge in [-0.3, -0.25) is 0 Å². The van der Waals surface area contributed by atoms with Gasteiger partial charge in [0.05, 0.1) is 19.3 Å². The maximum atomic E-state index is 5.40. The zero-order valence-electron chi connectivity index (χ0n) is 7.17. The van der Waals surface area contributed by atoms with Crippen LogP contribution >= 0.6 is 11.3 Å². The highest BCUT2D eigenvalue weighted by atomic mass is 32.1. The molecule has 1 aliphatic heterocycles. The van der Waals surface area contributed by atoms with Gasteiger partial charge in [-0.2, -0.15) is 0 Å². The van der Waals surface area contributed by atoms with Crippen molar-refractivity contribution >= 4 is 11.3 Å². The topological polar surface area (TPSA) is 21.3 Å². The van der Waals surface area contributed by atoms with Crippen LogP contribution in [0, 0.1) is 6.92 Å². The van der Waals surface area contributed by atoms with Gasteiger partial charge in [-0.05, 0) is 23.9 Å². The van der Waals surface area contributed by atoms with Crippen molar-refractivity contribution in [3.63, 3.8) is 0 Å². The molecule has 1 aromatic heterocycles. The predicted molar refractivity (Wildman–Crippen MR) is 50.6 cm³/mol. The van der Waals surface area contributed by atoms with Crippen LogP contribution in [0.4, 0.5) is 0 Å². The Labute approximate surface area is 76.6 Å². The molecule has 1 atom stereocenters. The fraction of sp³-hybridized carbons (Fsp3) is 0.556. The SMILES string of the molecule is Cc1sccc1C1COCCN1. The van der Waals surface area contributed by atoms with E-state index in [1.807, 2.05) is 0 Å². The predicted octanol–water partition coefficient (Wildman–Crippen LogP) is 1.72. The van der Waals surface area contributed by atoms with Crippen LogP contribution in [0.5, 0.6) is 0 Å². The third-order valence-corrected chi connectivity index (χ3v) is 3.06. The zero-order valence-corrected chi connectivity index (χ0v) is 7.99. The maximum Gasteiger partial charge on any atom is 0.0662 e. The lowest BCUT2D eigenvalue weighted by atomic mass is 10.1. The van der Waals surface area contributed by atoms with Crippen molar-refractivity contribution in [2.75, 3.05) is 19.8 Å². The normalized spacial score (nSPS) is 24.2. The second-order valence-corrected chi connectivity index (χ2v) is 4.13. The summed E-state index contributed by atoms with van der Waals surface area (Å²) in [7, 11) is 0. The zero-order chi connectivity index (χ0) is 8.39. The van der Waals surface area contributed by atoms with E-state index in [1.165, 1.54) is 10.4 Å². The molecule has 2 heterocycles. The first kappa shape index (κ1) is 8.23. The summed E-state index contributed by atoms with van der Waals surface area (Å²) in [4.78, 5) is 1.40. The highest BCUT2D eigenvalue weighted by Crippen LogP contribution is 2.23. The molecule has 66 valence electrons. The van der Waals surface area contributed by atoms with Gasteiger partial charge in [0.2, 0.25) is 0 Å². The molecule has 1 unspecified atom stereocenters. The molecular formula is C9H13NOS. The van der Waals surface area contributed by atoms with Gasteiger partial charge in [0.1, 0.15) is 0 Å². The van der Waals surface area contributed by atoms with Crippen molar-refractivity contribution in [3.05, 3.63) is 21.9 Å². The Hall–Kier alpha value is -0.380. The van der Waals surface area contributed by atoms with Crippen LogP contribution in [0.2, 0.25) is 0 Å². The van der Waals surface area contributed by atoms with E-state index in [4.69, 9.17) is 4.74 Å². The van der Waals surface area contributed by atoms with E-state index < -0.39 is 0 Å². The first-order chi connectivity index (χ1) is 5.88. The second-order valence-electron chi connectivity index (χ2n) is 3.01. The third-order valence-electron chi connectivity index (χ3n) is 2.20. The second kappa shape index (κ2) is 3.56. The molecule has 0 amide bonds. The molecule has 1 aliphatic rings. The fourth-order valence-electron chi connectivity index (χ4n) is 1.52. The van der Waals surface area contributed by atoms with Gasteiger partial charge in [0.25, 0.3) is 0 Å². The summed E-state index contributed by atoms with van der Waals surface area (Å²) in [6.45, 7) is 4.80. The number of thiophene rings is 1. The highest BCUT2D eigenvalue weighted by Gasteiger charge is 2.16. The van der Waals surface area contributed by atoms with E-state index in [0.29, 0.717) is 6.04 Å². The molecule has 0 aromatic carbocycles. The molecule has 0 bridgehead atoms. The van der Waals surface area contributed by atoms with Crippen molar-refractivity contribution < 1.29 is 4.74 Å². The summed E-state index contributed by atoms with van der Waals surface area (Å²) in [5, 5.41) is 5.58. The van der Waals surface area contributed by atoms with Gasteiger partial charge in [-0.15, -0.1) is 11.3 Å². The van der Waals surface area contributed by atoms with Gasteiger partial charge in [0.15, 0.2) is 0 Å². The molecule has 12 heavy (non-hydrogen) atoms. The lowest BCUT2D eigenvalue weighted by Crippen LogP contribution is -2.34. The van der Waals surface area contributed by atoms with Crippen LogP contribution in [0.15, 0.2) is 11.4 Å². The Bertz CT molecular complexity index is 253. The molecule has 1 aromatic rings. The summed E-state index contributed by atoms with van der Waals surface area (Å²) >= 11 is 1.80. The van der Waals surface area contributed by atoms with Gasteiger partial charge in [-0.25, -0.2) is 0 Å². The van der Waals surface area contributed by atoms with Crippen LogP contribution in [-0.2, 0) is 4.74 Å². The van der Waals surface area contributed by atoms with Gasteiger partial charge in [0, 0.05) is 11.4 Å². The number of morpholine rings is 1. The average Bonchev–Trinajstić information content (AvgIpc) is 2.53. The number of aryl methyl sites for hydroxylation is 1. The number of hydrogen-bond donors (Lipinski definition) is 1. The number of rotatable bonds is 1. The van der Waals surface area contributed by atoms with E-state index >= 15 is 0 Å². The van der Waals surface area contributed by atoms with Crippen molar-refractivity contribution in [3.8, 4) is 0 Å². The standard InChI is InChI=1S/C9H13NOS/c1-7-8(2-5-12-7)9-6-11-4-3-10-9/h2,5,9-10H,3-4,6H2,1H3. The van der Waals surface area contributed by atoms with Crippen molar-refractivity contribution in [1.29, 1.82) is 0 Å². The van der Waals surface area contributed by atoms with Crippen LogP contribution in [0.3, 0.4) is 0 Å². The summed E-state index contributed by atoms with van der Waals surface area (Å²) in [5.74, 6) is 0. The molecule has 0 radical (unpaired) electrons. The Morgan fingerprint density at radius 1 is 1.67 bits per heavy atom. The smallest absolute Gasteiger partial charge is 0.0662 e. The Morgan fingerprint density at radius 2 is 2.58 bits per heavy atom. The van der Waals surface area contributed by atoms with Crippen LogP contribution in [0.25, 0.3) is 0 Å². The van der Waals surface area contributed by atoms with E-state index in [1.54, 1.807) is 11.3 Å². The number of ether oxygens (including phenoxy) is 1. The molecule has 0 saturated carbocycles. The minimum absolute atomic E-state index is 0.421. The summed E-state index contributed by atoms with van der Waals surface area (Å²) in [6.07, 6.45) is 0. The van der Waals surface area contributed by atoms with Gasteiger partial charge < -0.3 is 10.1 Å². The highest BCUT2D eigenvalue weighted by molar-refractivity contribution is 7.10. The monoisotopic (exact) mass is 183 g/mol. The molecular weight excluding hydrogens is 170 g/mol. The van der Waals surface area contributed by atoms with Gasteiger partial charge >= 0.3 is 0 Å². The Morgan fingerprint density at radius 3 is 3.17 bits per heavy atom. The Balaban J connectivity index is 2.13. The van der Waals surface area contributed by atoms with Crippen molar-refractivity contribution in [1.82, 2.24) is 5.32 Å². The molecule has 0 spiro atoms. The molecule has 2 rings (SSSR count). The quantitative estimate of drug-likeness (QED) is 0.715. The van der Waals surface area contributed by atoms with Crippen LogP contribution in [-0.4, -0.2) is 19.8 Å². The first-order valence-corrected chi connectivity index (χ1v) is 5.11.